The number of rotatable bonds is 11. The lowest BCUT2D eigenvalue weighted by Gasteiger charge is -2.25. The van der Waals surface area contributed by atoms with Gasteiger partial charge in [0.2, 0.25) is 11.8 Å². The topological polar surface area (TPSA) is 106 Å². The molecule has 8 nitrogen and oxygen atoms in total. The summed E-state index contributed by atoms with van der Waals surface area (Å²) in [6.45, 7) is 11.5. The molecule has 0 radical (unpaired) electrons. The van der Waals surface area contributed by atoms with E-state index in [2.05, 4.69) is 16.0 Å². The van der Waals surface area contributed by atoms with E-state index in [0.717, 1.165) is 16.7 Å². The van der Waals surface area contributed by atoms with Crippen molar-refractivity contribution in [2.24, 2.45) is 0 Å². The number of hydrogen-bond acceptors (Lipinski definition) is 5. The summed E-state index contributed by atoms with van der Waals surface area (Å²) < 4.78 is 11.3. The zero-order chi connectivity index (χ0) is 30.8. The summed E-state index contributed by atoms with van der Waals surface area (Å²) in [6.07, 6.45) is -0.242. The van der Waals surface area contributed by atoms with Crippen molar-refractivity contribution in [2.75, 3.05) is 0 Å². The fraction of sp³-hybridized carbons (Fsp3) is 0.382. The third-order valence-corrected chi connectivity index (χ3v) is 6.02. The molecular formula is C34H43N3O5. The van der Waals surface area contributed by atoms with E-state index in [1.807, 2.05) is 106 Å². The minimum absolute atomic E-state index is 0.225. The molecule has 0 heterocycles. The predicted octanol–water partition coefficient (Wildman–Crippen LogP) is 5.34. The summed E-state index contributed by atoms with van der Waals surface area (Å²) in [5.74, 6) is -0.111. The summed E-state index contributed by atoms with van der Waals surface area (Å²) in [5.41, 5.74) is 1.56. The van der Waals surface area contributed by atoms with Gasteiger partial charge in [-0.25, -0.2) is 4.79 Å². The first-order chi connectivity index (χ1) is 19.8. The van der Waals surface area contributed by atoms with Crippen molar-refractivity contribution in [1.82, 2.24) is 16.0 Å². The van der Waals surface area contributed by atoms with Crippen LogP contribution in [0, 0.1) is 0 Å². The number of nitrogens with one attached hydrogen (secondary N) is 3. The SMILES string of the molecule is CC(C)(C)OC(=O)N[C@@H](Cc1ccccc1)C(=O)N[C@@H](Cc1ccc(OC(C)(C)C)cc1)C(=O)NCc1ccccc1. The van der Waals surface area contributed by atoms with Crippen LogP contribution in [0.5, 0.6) is 5.75 Å². The lowest BCUT2D eigenvalue weighted by atomic mass is 10.0. The van der Waals surface area contributed by atoms with Crippen LogP contribution in [0.25, 0.3) is 0 Å². The Morgan fingerprint density at radius 2 is 1.12 bits per heavy atom. The van der Waals surface area contributed by atoms with Crippen LogP contribution in [0.1, 0.15) is 58.2 Å². The van der Waals surface area contributed by atoms with Crippen molar-refractivity contribution in [1.29, 1.82) is 0 Å². The Labute approximate surface area is 249 Å². The average Bonchev–Trinajstić information content (AvgIpc) is 2.91. The summed E-state index contributed by atoms with van der Waals surface area (Å²) in [6, 6.07) is 24.5. The van der Waals surface area contributed by atoms with Gasteiger partial charge in [-0.1, -0.05) is 72.8 Å². The van der Waals surface area contributed by atoms with Crippen LogP contribution in [0.4, 0.5) is 4.79 Å². The van der Waals surface area contributed by atoms with E-state index in [0.29, 0.717) is 12.3 Å². The lowest BCUT2D eigenvalue weighted by Crippen LogP contribution is -2.55. The zero-order valence-corrected chi connectivity index (χ0v) is 25.4. The van der Waals surface area contributed by atoms with E-state index >= 15 is 0 Å². The number of amides is 3. The number of carbonyl (C=O) groups is 3. The summed E-state index contributed by atoms with van der Waals surface area (Å²) in [5, 5.41) is 8.52. The lowest BCUT2D eigenvalue weighted by molar-refractivity contribution is -0.130. The van der Waals surface area contributed by atoms with Gasteiger partial charge in [0.05, 0.1) is 0 Å². The second-order valence-corrected chi connectivity index (χ2v) is 12.2. The molecule has 8 heteroatoms. The number of alkyl carbamates (subject to hydrolysis) is 1. The number of ether oxygens (including phenoxy) is 2. The first kappa shape index (κ1) is 32.2. The molecule has 2 atom stereocenters. The molecule has 3 amide bonds. The monoisotopic (exact) mass is 573 g/mol. The molecule has 0 saturated heterocycles. The number of carbonyl (C=O) groups excluding carboxylic acids is 3. The van der Waals surface area contributed by atoms with Gasteiger partial charge in [-0.15, -0.1) is 0 Å². The summed E-state index contributed by atoms with van der Waals surface area (Å²) in [7, 11) is 0. The Kier molecular flexibility index (Phi) is 11.1. The second-order valence-electron chi connectivity index (χ2n) is 12.2. The fourth-order valence-corrected chi connectivity index (χ4v) is 4.18. The molecule has 0 aliphatic carbocycles. The van der Waals surface area contributed by atoms with Gasteiger partial charge in [0.25, 0.3) is 0 Å². The van der Waals surface area contributed by atoms with Crippen LogP contribution >= 0.6 is 0 Å². The van der Waals surface area contributed by atoms with Crippen molar-refractivity contribution >= 4 is 17.9 Å². The zero-order valence-electron chi connectivity index (χ0n) is 25.4. The number of hydrogen-bond donors (Lipinski definition) is 3. The van der Waals surface area contributed by atoms with Gasteiger partial charge >= 0.3 is 6.09 Å². The minimum atomic E-state index is -0.964. The fourth-order valence-electron chi connectivity index (χ4n) is 4.18. The van der Waals surface area contributed by atoms with Crippen molar-refractivity contribution < 1.29 is 23.9 Å². The normalized spacial score (nSPS) is 12.9. The van der Waals surface area contributed by atoms with E-state index < -0.39 is 29.7 Å². The maximum Gasteiger partial charge on any atom is 0.408 e. The molecule has 0 aliphatic heterocycles. The summed E-state index contributed by atoms with van der Waals surface area (Å²) >= 11 is 0. The highest BCUT2D eigenvalue weighted by atomic mass is 16.6. The first-order valence-electron chi connectivity index (χ1n) is 14.2. The largest absolute Gasteiger partial charge is 0.488 e. The molecule has 0 fully saturated rings. The molecule has 3 rings (SSSR count). The molecule has 3 aromatic carbocycles. The molecule has 3 N–H and O–H groups in total. The van der Waals surface area contributed by atoms with Crippen LogP contribution in [-0.4, -0.2) is 41.2 Å². The maximum absolute atomic E-state index is 13.7. The molecule has 3 aromatic rings. The van der Waals surface area contributed by atoms with Crippen LogP contribution in [0.15, 0.2) is 84.9 Å². The minimum Gasteiger partial charge on any atom is -0.488 e. The third kappa shape index (κ3) is 11.6. The van der Waals surface area contributed by atoms with Crippen LogP contribution in [0.3, 0.4) is 0 Å². The van der Waals surface area contributed by atoms with Crippen molar-refractivity contribution in [3.63, 3.8) is 0 Å². The van der Waals surface area contributed by atoms with Crippen molar-refractivity contribution in [3.8, 4) is 5.75 Å². The van der Waals surface area contributed by atoms with E-state index in [9.17, 15) is 14.4 Å². The Bertz CT molecular complexity index is 1300. The van der Waals surface area contributed by atoms with E-state index in [1.165, 1.54) is 0 Å². The Morgan fingerprint density at radius 3 is 1.64 bits per heavy atom. The molecule has 42 heavy (non-hydrogen) atoms. The second kappa shape index (κ2) is 14.5. The molecule has 0 bridgehead atoms. The maximum atomic E-state index is 13.7. The molecule has 0 unspecified atom stereocenters. The molecule has 224 valence electrons. The van der Waals surface area contributed by atoms with Crippen LogP contribution in [0.2, 0.25) is 0 Å². The van der Waals surface area contributed by atoms with Crippen LogP contribution < -0.4 is 20.7 Å². The van der Waals surface area contributed by atoms with E-state index in [4.69, 9.17) is 9.47 Å². The van der Waals surface area contributed by atoms with Gasteiger partial charge in [-0.2, -0.15) is 0 Å². The average molecular weight is 574 g/mol. The van der Waals surface area contributed by atoms with Gasteiger partial charge in [0.15, 0.2) is 0 Å². The Hall–Kier alpha value is -4.33. The van der Waals surface area contributed by atoms with E-state index in [1.54, 1.807) is 20.8 Å². The quantitative estimate of drug-likeness (QED) is 0.287. The Morgan fingerprint density at radius 1 is 0.619 bits per heavy atom. The van der Waals surface area contributed by atoms with Crippen molar-refractivity contribution in [2.45, 2.75) is 84.2 Å². The van der Waals surface area contributed by atoms with Gasteiger partial charge in [-0.3, -0.25) is 9.59 Å². The standard InChI is InChI=1S/C34H43N3O5/c1-33(2,3)41-27-19-17-25(18-20-27)22-28(30(38)35-23-26-15-11-8-12-16-26)36-31(39)29(21-24-13-9-7-10-14-24)37-32(40)42-34(4,5)6/h7-20,28-29H,21-23H2,1-6H3,(H,35,38)(H,36,39)(H,37,40)/t28-,29-/m0/s1. The molecule has 0 aliphatic rings. The molecule has 0 spiro atoms. The van der Waals surface area contributed by atoms with Crippen LogP contribution in [-0.2, 0) is 33.7 Å². The first-order valence-corrected chi connectivity index (χ1v) is 14.2. The van der Waals surface area contributed by atoms with E-state index in [-0.39, 0.29) is 24.3 Å². The molecular weight excluding hydrogens is 530 g/mol. The smallest absolute Gasteiger partial charge is 0.408 e. The summed E-state index contributed by atoms with van der Waals surface area (Å²) in [4.78, 5) is 39.8. The molecule has 0 aromatic heterocycles. The van der Waals surface area contributed by atoms with Gasteiger partial charge in [0, 0.05) is 19.4 Å². The molecule has 0 saturated carbocycles. The number of benzene rings is 3. The highest BCUT2D eigenvalue weighted by molar-refractivity contribution is 5.91. The third-order valence-electron chi connectivity index (χ3n) is 6.02. The highest BCUT2D eigenvalue weighted by Gasteiger charge is 2.29. The predicted molar refractivity (Wildman–Crippen MR) is 164 cm³/mol. The highest BCUT2D eigenvalue weighted by Crippen LogP contribution is 2.19. The van der Waals surface area contributed by atoms with Gasteiger partial charge in [-0.05, 0) is 70.4 Å². The van der Waals surface area contributed by atoms with Crippen molar-refractivity contribution in [3.05, 3.63) is 102 Å². The Balaban J connectivity index is 1.81. The van der Waals surface area contributed by atoms with Gasteiger partial charge < -0.3 is 25.4 Å². The van der Waals surface area contributed by atoms with Gasteiger partial charge in [0.1, 0.15) is 29.0 Å².